The van der Waals surface area contributed by atoms with Gasteiger partial charge in [0.25, 0.3) is 0 Å². The van der Waals surface area contributed by atoms with Gasteiger partial charge in [0.2, 0.25) is 5.91 Å². The van der Waals surface area contributed by atoms with Gasteiger partial charge in [0.05, 0.1) is 6.54 Å². The number of benzene rings is 2. The molecule has 124 valence electrons. The fraction of sp³-hybridized carbons (Fsp3) is 0.250. The molecule has 4 heteroatoms. The topological polar surface area (TPSA) is 44.4 Å². The Morgan fingerprint density at radius 3 is 2.46 bits per heavy atom. The van der Waals surface area contributed by atoms with Crippen LogP contribution in [0.25, 0.3) is 0 Å². The molecule has 0 bridgehead atoms. The zero-order valence-corrected chi connectivity index (χ0v) is 14.1. The second kappa shape index (κ2) is 8.64. The second-order valence-electron chi connectivity index (χ2n) is 5.68. The molecule has 2 aromatic carbocycles. The van der Waals surface area contributed by atoms with Crippen molar-refractivity contribution in [3.63, 3.8) is 0 Å². The number of anilines is 2. The predicted octanol–water partition coefficient (Wildman–Crippen LogP) is 2.87. The fourth-order valence-electron chi connectivity index (χ4n) is 2.37. The van der Waals surface area contributed by atoms with Crippen LogP contribution in [-0.4, -0.2) is 25.5 Å². The van der Waals surface area contributed by atoms with Crippen molar-refractivity contribution in [2.75, 3.05) is 23.8 Å². The number of terminal acetylenes is 1. The van der Waals surface area contributed by atoms with E-state index >= 15 is 0 Å². The van der Waals surface area contributed by atoms with Crippen molar-refractivity contribution < 1.29 is 4.79 Å². The summed E-state index contributed by atoms with van der Waals surface area (Å²) in [6.45, 7) is 2.90. The van der Waals surface area contributed by atoms with Crippen LogP contribution in [0.3, 0.4) is 0 Å². The molecule has 24 heavy (non-hydrogen) atoms. The molecule has 1 atom stereocenters. The molecule has 2 rings (SSSR count). The Balaban J connectivity index is 1.92. The first kappa shape index (κ1) is 17.4. The van der Waals surface area contributed by atoms with E-state index in [4.69, 9.17) is 6.42 Å². The molecule has 1 amide bonds. The lowest BCUT2D eigenvalue weighted by Crippen LogP contribution is -2.37. The minimum Gasteiger partial charge on any atom is -0.374 e. The van der Waals surface area contributed by atoms with Crippen molar-refractivity contribution in [2.45, 2.75) is 19.5 Å². The van der Waals surface area contributed by atoms with Crippen LogP contribution in [0.4, 0.5) is 11.4 Å². The molecule has 0 saturated heterocycles. The fourth-order valence-corrected chi connectivity index (χ4v) is 2.37. The number of nitrogens with zero attached hydrogens (tertiary/aromatic N) is 1. The van der Waals surface area contributed by atoms with E-state index in [9.17, 15) is 4.79 Å². The Kier molecular flexibility index (Phi) is 6.27. The number of nitrogens with one attached hydrogen (secondary N) is 2. The number of hydrogen-bond donors (Lipinski definition) is 2. The number of carbonyl (C=O) groups is 1. The van der Waals surface area contributed by atoms with Gasteiger partial charge in [0.15, 0.2) is 0 Å². The van der Waals surface area contributed by atoms with Crippen molar-refractivity contribution in [1.29, 1.82) is 0 Å². The summed E-state index contributed by atoms with van der Waals surface area (Å²) in [7, 11) is 2.06. The molecule has 0 aliphatic carbocycles. The maximum Gasteiger partial charge on any atom is 0.242 e. The summed E-state index contributed by atoms with van der Waals surface area (Å²) < 4.78 is 0. The largest absolute Gasteiger partial charge is 0.374 e. The maximum atomic E-state index is 11.8. The molecule has 4 nitrogen and oxygen atoms in total. The molecule has 2 aromatic rings. The van der Waals surface area contributed by atoms with Crippen molar-refractivity contribution in [3.05, 3.63) is 60.2 Å². The van der Waals surface area contributed by atoms with E-state index < -0.39 is 0 Å². The van der Waals surface area contributed by atoms with Crippen LogP contribution >= 0.6 is 0 Å². The summed E-state index contributed by atoms with van der Waals surface area (Å²) in [5.74, 6) is 2.28. The minimum atomic E-state index is -0.341. The van der Waals surface area contributed by atoms with E-state index in [1.165, 1.54) is 5.56 Å². The van der Waals surface area contributed by atoms with Gasteiger partial charge in [-0.15, -0.1) is 6.42 Å². The molecule has 0 unspecified atom stereocenters. The lowest BCUT2D eigenvalue weighted by atomic mass is 10.2. The van der Waals surface area contributed by atoms with E-state index in [1.807, 2.05) is 42.5 Å². The van der Waals surface area contributed by atoms with Gasteiger partial charge < -0.3 is 15.5 Å². The average molecular weight is 321 g/mol. The van der Waals surface area contributed by atoms with E-state index in [2.05, 4.69) is 40.6 Å². The molecule has 2 N–H and O–H groups in total. The third kappa shape index (κ3) is 5.06. The summed E-state index contributed by atoms with van der Waals surface area (Å²) in [4.78, 5) is 14.0. The molecule has 0 spiro atoms. The van der Waals surface area contributed by atoms with Gasteiger partial charge in [0.1, 0.15) is 6.04 Å². The van der Waals surface area contributed by atoms with Gasteiger partial charge in [0, 0.05) is 25.0 Å². The standard InChI is InChI=1S/C20H23N3O/c1-4-14-21-20(24)16(2)22-18-10-12-19(13-11-18)23(3)15-17-8-6-5-7-9-17/h1,5-13,16,22H,14-15H2,2-3H3,(H,21,24)/t16-/m1/s1. The van der Waals surface area contributed by atoms with Gasteiger partial charge in [-0.1, -0.05) is 36.3 Å². The van der Waals surface area contributed by atoms with Gasteiger partial charge in [-0.05, 0) is 36.8 Å². The summed E-state index contributed by atoms with van der Waals surface area (Å²) in [6.07, 6.45) is 5.14. The molecular weight excluding hydrogens is 298 g/mol. The van der Waals surface area contributed by atoms with Crippen molar-refractivity contribution >= 4 is 17.3 Å². The second-order valence-corrected chi connectivity index (χ2v) is 5.68. The minimum absolute atomic E-state index is 0.113. The lowest BCUT2D eigenvalue weighted by molar-refractivity contribution is -0.121. The molecular formula is C20H23N3O. The van der Waals surface area contributed by atoms with Crippen LogP contribution < -0.4 is 15.5 Å². The van der Waals surface area contributed by atoms with Gasteiger partial charge in [-0.2, -0.15) is 0 Å². The van der Waals surface area contributed by atoms with E-state index in [1.54, 1.807) is 6.92 Å². The molecule has 0 aliphatic heterocycles. The van der Waals surface area contributed by atoms with Crippen LogP contribution in [0, 0.1) is 12.3 Å². The third-order valence-corrected chi connectivity index (χ3v) is 3.71. The first-order valence-corrected chi connectivity index (χ1v) is 7.93. The Bertz CT molecular complexity index is 689. The molecule has 0 heterocycles. The lowest BCUT2D eigenvalue weighted by Gasteiger charge is -2.20. The monoisotopic (exact) mass is 321 g/mol. The van der Waals surface area contributed by atoms with Gasteiger partial charge in [-0.3, -0.25) is 4.79 Å². The Morgan fingerprint density at radius 2 is 1.83 bits per heavy atom. The summed E-state index contributed by atoms with van der Waals surface area (Å²) in [5, 5.41) is 5.83. The number of rotatable bonds is 7. The highest BCUT2D eigenvalue weighted by atomic mass is 16.2. The Hall–Kier alpha value is -2.93. The van der Waals surface area contributed by atoms with E-state index in [0.717, 1.165) is 17.9 Å². The molecule has 0 radical (unpaired) electrons. The van der Waals surface area contributed by atoms with Crippen molar-refractivity contribution in [3.8, 4) is 12.3 Å². The molecule has 0 aliphatic rings. The number of hydrogen-bond acceptors (Lipinski definition) is 3. The van der Waals surface area contributed by atoms with E-state index in [0.29, 0.717) is 0 Å². The van der Waals surface area contributed by atoms with E-state index in [-0.39, 0.29) is 18.5 Å². The Labute approximate surface area is 143 Å². The van der Waals surface area contributed by atoms with Crippen LogP contribution in [0.15, 0.2) is 54.6 Å². The highest BCUT2D eigenvalue weighted by Gasteiger charge is 2.11. The molecule has 0 fully saturated rings. The quantitative estimate of drug-likeness (QED) is 0.771. The summed E-state index contributed by atoms with van der Waals surface area (Å²) in [5.41, 5.74) is 3.28. The van der Waals surface area contributed by atoms with Crippen molar-refractivity contribution in [1.82, 2.24) is 5.32 Å². The normalized spacial score (nSPS) is 11.2. The first-order valence-electron chi connectivity index (χ1n) is 7.93. The van der Waals surface area contributed by atoms with Gasteiger partial charge >= 0.3 is 0 Å². The zero-order chi connectivity index (χ0) is 17.4. The Morgan fingerprint density at radius 1 is 1.17 bits per heavy atom. The van der Waals surface area contributed by atoms with Crippen LogP contribution in [0.1, 0.15) is 12.5 Å². The number of carbonyl (C=O) groups excluding carboxylic acids is 1. The number of amides is 1. The van der Waals surface area contributed by atoms with Crippen LogP contribution in [0.5, 0.6) is 0 Å². The van der Waals surface area contributed by atoms with Crippen molar-refractivity contribution in [2.24, 2.45) is 0 Å². The molecule has 0 aromatic heterocycles. The SMILES string of the molecule is C#CCNC(=O)[C@@H](C)Nc1ccc(N(C)Cc2ccccc2)cc1. The summed E-state index contributed by atoms with van der Waals surface area (Å²) in [6, 6.07) is 18.0. The smallest absolute Gasteiger partial charge is 0.242 e. The maximum absolute atomic E-state index is 11.8. The molecule has 0 saturated carbocycles. The van der Waals surface area contributed by atoms with Crippen LogP contribution in [0.2, 0.25) is 0 Å². The highest BCUT2D eigenvalue weighted by molar-refractivity contribution is 5.84. The third-order valence-electron chi connectivity index (χ3n) is 3.71. The zero-order valence-electron chi connectivity index (χ0n) is 14.1. The predicted molar refractivity (Wildman–Crippen MR) is 99.9 cm³/mol. The average Bonchev–Trinajstić information content (AvgIpc) is 2.61. The van der Waals surface area contributed by atoms with Gasteiger partial charge in [-0.25, -0.2) is 0 Å². The summed E-state index contributed by atoms with van der Waals surface area (Å²) >= 11 is 0. The first-order chi connectivity index (χ1) is 11.6. The highest BCUT2D eigenvalue weighted by Crippen LogP contribution is 2.19. The van der Waals surface area contributed by atoms with Crippen LogP contribution in [-0.2, 0) is 11.3 Å².